The second-order valence-electron chi connectivity index (χ2n) is 5.67. The Kier molecular flexibility index (Phi) is 11.4. The van der Waals surface area contributed by atoms with Crippen LogP contribution < -0.4 is 20.7 Å². The molecule has 0 radical (unpaired) electrons. The quantitative estimate of drug-likeness (QED) is 0.216. The van der Waals surface area contributed by atoms with Crippen molar-refractivity contribution in [3.05, 3.63) is 72.8 Å². The number of nitrogens with zero attached hydrogens (tertiary/aromatic N) is 1. The molecule has 150 valence electrons. The van der Waals surface area contributed by atoms with Crippen LogP contribution in [0.1, 0.15) is 12.5 Å². The number of hydrogen-bond acceptors (Lipinski definition) is 3. The van der Waals surface area contributed by atoms with Crippen LogP contribution in [0.3, 0.4) is 0 Å². The second kappa shape index (κ2) is 13.6. The summed E-state index contributed by atoms with van der Waals surface area (Å²) in [5.41, 5.74) is 1.73. The monoisotopic (exact) mass is 494 g/mol. The van der Waals surface area contributed by atoms with Gasteiger partial charge in [-0.1, -0.05) is 49.1 Å². The predicted molar refractivity (Wildman–Crippen MR) is 125 cm³/mol. The Hall–Kier alpha value is -2.55. The van der Waals surface area contributed by atoms with E-state index in [9.17, 15) is 4.79 Å². The summed E-state index contributed by atoms with van der Waals surface area (Å²) in [7, 11) is 0. The summed E-state index contributed by atoms with van der Waals surface area (Å²) in [6, 6.07) is 17.1. The number of rotatable bonds is 9. The summed E-state index contributed by atoms with van der Waals surface area (Å²) >= 11 is 0. The zero-order chi connectivity index (χ0) is 19.3. The highest BCUT2D eigenvalue weighted by atomic mass is 127. The van der Waals surface area contributed by atoms with Crippen LogP contribution in [0.4, 0.5) is 5.69 Å². The lowest BCUT2D eigenvalue weighted by Gasteiger charge is -2.13. The van der Waals surface area contributed by atoms with Crippen molar-refractivity contribution in [1.82, 2.24) is 10.6 Å². The lowest BCUT2D eigenvalue weighted by molar-refractivity contribution is -0.115. The third kappa shape index (κ3) is 8.43. The molecule has 6 nitrogen and oxygen atoms in total. The van der Waals surface area contributed by atoms with E-state index in [1.54, 1.807) is 6.08 Å². The highest BCUT2D eigenvalue weighted by Crippen LogP contribution is 2.18. The normalized spacial score (nSPS) is 10.4. The van der Waals surface area contributed by atoms with Gasteiger partial charge in [0, 0.05) is 17.8 Å². The summed E-state index contributed by atoms with van der Waals surface area (Å²) < 4.78 is 5.65. The molecule has 0 aliphatic heterocycles. The fourth-order valence-corrected chi connectivity index (χ4v) is 2.32. The first-order valence-corrected chi connectivity index (χ1v) is 8.91. The molecule has 2 aromatic rings. The molecule has 0 heterocycles. The number of amides is 1. The molecule has 3 N–H and O–H groups in total. The molecular weight excluding hydrogens is 467 g/mol. The average Bonchev–Trinajstić information content (AvgIpc) is 2.70. The molecule has 0 saturated carbocycles. The van der Waals surface area contributed by atoms with Crippen molar-refractivity contribution >= 4 is 41.5 Å². The molecule has 0 aromatic heterocycles. The number of halogens is 1. The minimum Gasteiger partial charge on any atom is -0.489 e. The number of guanidine groups is 1. The molecule has 2 rings (SSSR count). The van der Waals surface area contributed by atoms with Gasteiger partial charge in [0.25, 0.3) is 0 Å². The van der Waals surface area contributed by atoms with Crippen molar-refractivity contribution in [2.45, 2.75) is 13.5 Å². The van der Waals surface area contributed by atoms with Crippen molar-refractivity contribution in [1.29, 1.82) is 0 Å². The summed E-state index contributed by atoms with van der Waals surface area (Å²) in [6.07, 6.45) is 1.71. The first kappa shape index (κ1) is 23.5. The number of anilines is 1. The van der Waals surface area contributed by atoms with E-state index in [1.807, 2.05) is 61.5 Å². The number of ether oxygens (including phenoxy) is 1. The summed E-state index contributed by atoms with van der Waals surface area (Å²) in [5, 5.41) is 9.01. The SMILES string of the molecule is C=CCOc1ccccc1CN=C(NCC)NCC(=O)Nc1ccccc1.I. The summed E-state index contributed by atoms with van der Waals surface area (Å²) in [5.74, 6) is 1.21. The van der Waals surface area contributed by atoms with Crippen LogP contribution in [0.25, 0.3) is 0 Å². The third-order valence-corrected chi connectivity index (χ3v) is 3.55. The average molecular weight is 494 g/mol. The maximum Gasteiger partial charge on any atom is 0.243 e. The second-order valence-corrected chi connectivity index (χ2v) is 5.67. The maximum atomic E-state index is 12.1. The molecule has 0 unspecified atom stereocenters. The first-order valence-electron chi connectivity index (χ1n) is 8.91. The van der Waals surface area contributed by atoms with E-state index in [1.165, 1.54) is 0 Å². The zero-order valence-electron chi connectivity index (χ0n) is 16.0. The van der Waals surface area contributed by atoms with Gasteiger partial charge in [-0.3, -0.25) is 4.79 Å². The van der Waals surface area contributed by atoms with E-state index in [0.717, 1.165) is 17.0 Å². The molecule has 0 aliphatic rings. The molecule has 2 aromatic carbocycles. The fourth-order valence-electron chi connectivity index (χ4n) is 2.32. The van der Waals surface area contributed by atoms with Gasteiger partial charge in [0.2, 0.25) is 5.91 Å². The van der Waals surface area contributed by atoms with Gasteiger partial charge >= 0.3 is 0 Å². The van der Waals surface area contributed by atoms with Crippen LogP contribution in [0, 0.1) is 0 Å². The van der Waals surface area contributed by atoms with Gasteiger partial charge in [0.05, 0.1) is 13.1 Å². The number of carbonyl (C=O) groups excluding carboxylic acids is 1. The smallest absolute Gasteiger partial charge is 0.243 e. The molecule has 0 bridgehead atoms. The number of hydrogen-bond donors (Lipinski definition) is 3. The van der Waals surface area contributed by atoms with Crippen LogP contribution >= 0.6 is 24.0 Å². The molecular formula is C21H27IN4O2. The van der Waals surface area contributed by atoms with Gasteiger partial charge < -0.3 is 20.7 Å². The van der Waals surface area contributed by atoms with Gasteiger partial charge in [-0.25, -0.2) is 4.99 Å². The Morgan fingerprint density at radius 2 is 1.82 bits per heavy atom. The van der Waals surface area contributed by atoms with Crippen molar-refractivity contribution in [3.63, 3.8) is 0 Å². The zero-order valence-corrected chi connectivity index (χ0v) is 18.3. The third-order valence-electron chi connectivity index (χ3n) is 3.55. The molecule has 0 saturated heterocycles. The van der Waals surface area contributed by atoms with Crippen LogP contribution in [-0.4, -0.2) is 31.6 Å². The lowest BCUT2D eigenvalue weighted by Crippen LogP contribution is -2.41. The molecule has 1 amide bonds. The van der Waals surface area contributed by atoms with Crippen molar-refractivity contribution in [2.75, 3.05) is 25.0 Å². The Bertz CT molecular complexity index is 766. The Balaban J connectivity index is 0.00000392. The van der Waals surface area contributed by atoms with Crippen molar-refractivity contribution in [3.8, 4) is 5.75 Å². The fraction of sp³-hybridized carbons (Fsp3) is 0.238. The number of aliphatic imine (C=N–C) groups is 1. The van der Waals surface area contributed by atoms with E-state index in [0.29, 0.717) is 25.7 Å². The summed E-state index contributed by atoms with van der Waals surface area (Å²) in [4.78, 5) is 16.6. The van der Waals surface area contributed by atoms with Crippen molar-refractivity contribution < 1.29 is 9.53 Å². The van der Waals surface area contributed by atoms with Gasteiger partial charge in [-0.15, -0.1) is 24.0 Å². The Labute approximate surface area is 183 Å². The molecule has 0 fully saturated rings. The standard InChI is InChI=1S/C21H26N4O2.HI/c1-3-14-27-19-13-9-8-10-17(19)15-23-21(22-4-2)24-16-20(26)25-18-11-6-5-7-12-18;/h3,5-13H,1,4,14-16H2,2H3,(H,25,26)(H2,22,23,24);1H. The number of carbonyl (C=O) groups is 1. The van der Waals surface area contributed by atoms with Crippen LogP contribution in [0.5, 0.6) is 5.75 Å². The van der Waals surface area contributed by atoms with Gasteiger partial charge in [-0.2, -0.15) is 0 Å². The Morgan fingerprint density at radius 1 is 1.11 bits per heavy atom. The predicted octanol–water partition coefficient (Wildman–Crippen LogP) is 3.56. The number of benzene rings is 2. The molecule has 28 heavy (non-hydrogen) atoms. The molecule has 0 atom stereocenters. The number of para-hydroxylation sites is 2. The van der Waals surface area contributed by atoms with Gasteiger partial charge in [0.1, 0.15) is 12.4 Å². The highest BCUT2D eigenvalue weighted by Gasteiger charge is 2.06. The molecule has 0 aliphatic carbocycles. The lowest BCUT2D eigenvalue weighted by atomic mass is 10.2. The minimum absolute atomic E-state index is 0. The first-order chi connectivity index (χ1) is 13.2. The van der Waals surface area contributed by atoms with Gasteiger partial charge in [-0.05, 0) is 25.1 Å². The maximum absolute atomic E-state index is 12.1. The van der Waals surface area contributed by atoms with Crippen LogP contribution in [-0.2, 0) is 11.3 Å². The van der Waals surface area contributed by atoms with E-state index >= 15 is 0 Å². The Morgan fingerprint density at radius 3 is 2.54 bits per heavy atom. The topological polar surface area (TPSA) is 74.8 Å². The van der Waals surface area contributed by atoms with E-state index in [2.05, 4.69) is 27.5 Å². The minimum atomic E-state index is -0.137. The molecule has 7 heteroatoms. The molecule has 0 spiro atoms. The highest BCUT2D eigenvalue weighted by molar-refractivity contribution is 14.0. The van der Waals surface area contributed by atoms with E-state index in [-0.39, 0.29) is 36.4 Å². The van der Waals surface area contributed by atoms with E-state index in [4.69, 9.17) is 4.74 Å². The van der Waals surface area contributed by atoms with Gasteiger partial charge in [0.15, 0.2) is 5.96 Å². The largest absolute Gasteiger partial charge is 0.489 e. The summed E-state index contributed by atoms with van der Waals surface area (Å²) in [6.45, 7) is 7.33. The van der Waals surface area contributed by atoms with Crippen LogP contribution in [0.2, 0.25) is 0 Å². The van der Waals surface area contributed by atoms with E-state index < -0.39 is 0 Å². The number of nitrogens with one attached hydrogen (secondary N) is 3. The van der Waals surface area contributed by atoms with Crippen LogP contribution in [0.15, 0.2) is 72.2 Å². The van der Waals surface area contributed by atoms with Crippen molar-refractivity contribution in [2.24, 2.45) is 4.99 Å².